The van der Waals surface area contributed by atoms with Crippen molar-refractivity contribution in [3.05, 3.63) is 54.0 Å². The maximum absolute atomic E-state index is 14.5. The van der Waals surface area contributed by atoms with Gasteiger partial charge < -0.3 is 11.1 Å². The lowest BCUT2D eigenvalue weighted by Crippen LogP contribution is -2.27. The average Bonchev–Trinajstić information content (AvgIpc) is 2.61. The van der Waals surface area contributed by atoms with Crippen LogP contribution >= 0.6 is 0 Å². The van der Waals surface area contributed by atoms with Crippen LogP contribution in [0.1, 0.15) is 44.0 Å². The molecule has 0 unspecified atom stereocenters. The number of aliphatic imine (C=N–C) groups is 1. The van der Waals surface area contributed by atoms with E-state index in [9.17, 15) is 4.39 Å². The van der Waals surface area contributed by atoms with Crippen LogP contribution in [0.3, 0.4) is 0 Å². The van der Waals surface area contributed by atoms with Gasteiger partial charge in [0.25, 0.3) is 0 Å². The van der Waals surface area contributed by atoms with Gasteiger partial charge in [0.2, 0.25) is 0 Å². The SMILES string of the molecule is CCCc1cc(N=CC(=CN)c2ncc(NC3CCC3)cc2F)ccn1. The topological polar surface area (TPSA) is 76.2 Å². The largest absolute Gasteiger partial charge is 0.404 e. The first-order valence-corrected chi connectivity index (χ1v) is 9.03. The second-order valence-electron chi connectivity index (χ2n) is 6.46. The standard InChI is InChI=1S/C20H24FN5/c1-2-4-16-9-17(7-8-23-16)24-12-14(11-22)20-19(21)10-18(13-25-20)26-15-5-3-6-15/h7-13,15,26H,2-6,22H2,1H3. The number of anilines is 1. The Morgan fingerprint density at radius 1 is 1.38 bits per heavy atom. The second kappa shape index (κ2) is 8.56. The number of aromatic nitrogens is 2. The van der Waals surface area contributed by atoms with Crippen LogP contribution in [0.2, 0.25) is 0 Å². The van der Waals surface area contributed by atoms with Crippen molar-refractivity contribution in [1.29, 1.82) is 0 Å². The molecule has 1 fully saturated rings. The van der Waals surface area contributed by atoms with Crippen molar-refractivity contribution in [2.75, 3.05) is 5.32 Å². The molecule has 5 nitrogen and oxygen atoms in total. The molecule has 6 heteroatoms. The Morgan fingerprint density at radius 2 is 2.23 bits per heavy atom. The Labute approximate surface area is 153 Å². The van der Waals surface area contributed by atoms with E-state index in [4.69, 9.17) is 5.73 Å². The van der Waals surface area contributed by atoms with Gasteiger partial charge in [0, 0.05) is 42.0 Å². The molecule has 0 aromatic carbocycles. The third kappa shape index (κ3) is 4.45. The summed E-state index contributed by atoms with van der Waals surface area (Å²) in [5.74, 6) is -0.418. The van der Waals surface area contributed by atoms with Gasteiger partial charge in [-0.15, -0.1) is 0 Å². The summed E-state index contributed by atoms with van der Waals surface area (Å²) in [7, 11) is 0. The van der Waals surface area contributed by atoms with Crippen molar-refractivity contribution in [2.45, 2.75) is 45.1 Å². The summed E-state index contributed by atoms with van der Waals surface area (Å²) in [6.45, 7) is 2.10. The maximum atomic E-state index is 14.5. The number of nitrogens with one attached hydrogen (secondary N) is 1. The average molecular weight is 353 g/mol. The molecule has 0 aliphatic heterocycles. The summed E-state index contributed by atoms with van der Waals surface area (Å²) in [5.41, 5.74) is 8.74. The van der Waals surface area contributed by atoms with E-state index in [1.165, 1.54) is 24.9 Å². The fraction of sp³-hybridized carbons (Fsp3) is 0.350. The van der Waals surface area contributed by atoms with Crippen molar-refractivity contribution in [2.24, 2.45) is 10.7 Å². The Kier molecular flexibility index (Phi) is 5.94. The van der Waals surface area contributed by atoms with Gasteiger partial charge in [-0.2, -0.15) is 0 Å². The molecule has 1 aliphatic carbocycles. The van der Waals surface area contributed by atoms with Crippen LogP contribution in [-0.2, 0) is 6.42 Å². The van der Waals surface area contributed by atoms with E-state index in [0.29, 0.717) is 17.3 Å². The van der Waals surface area contributed by atoms with Gasteiger partial charge in [0.05, 0.1) is 17.6 Å². The van der Waals surface area contributed by atoms with Crippen LogP contribution < -0.4 is 11.1 Å². The number of nitrogens with zero attached hydrogens (tertiary/aromatic N) is 3. The fourth-order valence-corrected chi connectivity index (χ4v) is 2.78. The first-order valence-electron chi connectivity index (χ1n) is 9.03. The molecule has 0 atom stereocenters. The third-order valence-electron chi connectivity index (χ3n) is 4.43. The number of hydrogen-bond donors (Lipinski definition) is 2. The summed E-state index contributed by atoms with van der Waals surface area (Å²) in [6, 6.07) is 5.61. The molecular weight excluding hydrogens is 329 g/mol. The van der Waals surface area contributed by atoms with E-state index >= 15 is 0 Å². The molecule has 2 heterocycles. The van der Waals surface area contributed by atoms with Crippen molar-refractivity contribution in [1.82, 2.24) is 9.97 Å². The maximum Gasteiger partial charge on any atom is 0.151 e. The van der Waals surface area contributed by atoms with Crippen molar-refractivity contribution in [3.8, 4) is 0 Å². The highest BCUT2D eigenvalue weighted by Crippen LogP contribution is 2.25. The fourth-order valence-electron chi connectivity index (χ4n) is 2.78. The Bertz CT molecular complexity index is 812. The molecule has 0 spiro atoms. The van der Waals surface area contributed by atoms with Crippen LogP contribution in [0.15, 0.2) is 41.8 Å². The highest BCUT2D eigenvalue weighted by Gasteiger charge is 2.18. The van der Waals surface area contributed by atoms with Gasteiger partial charge in [0.1, 0.15) is 5.69 Å². The van der Waals surface area contributed by atoms with E-state index in [1.54, 1.807) is 18.5 Å². The summed E-state index contributed by atoms with van der Waals surface area (Å²) in [6.07, 6.45) is 11.6. The van der Waals surface area contributed by atoms with Crippen molar-refractivity contribution in [3.63, 3.8) is 0 Å². The Morgan fingerprint density at radius 3 is 2.88 bits per heavy atom. The van der Waals surface area contributed by atoms with Crippen LogP contribution in [0.25, 0.3) is 5.57 Å². The smallest absolute Gasteiger partial charge is 0.151 e. The molecule has 1 saturated carbocycles. The van der Waals surface area contributed by atoms with Crippen LogP contribution in [0.5, 0.6) is 0 Å². The van der Waals surface area contributed by atoms with E-state index in [0.717, 1.165) is 37.1 Å². The minimum absolute atomic E-state index is 0.193. The molecule has 1 aliphatic rings. The molecule has 0 bridgehead atoms. The van der Waals surface area contributed by atoms with Gasteiger partial charge >= 0.3 is 0 Å². The molecule has 26 heavy (non-hydrogen) atoms. The van der Waals surface area contributed by atoms with Crippen LogP contribution in [0.4, 0.5) is 15.8 Å². The van der Waals surface area contributed by atoms with Crippen LogP contribution in [0, 0.1) is 5.82 Å². The molecule has 0 amide bonds. The monoisotopic (exact) mass is 353 g/mol. The van der Waals surface area contributed by atoms with Crippen LogP contribution in [-0.4, -0.2) is 22.2 Å². The van der Waals surface area contributed by atoms with E-state index in [-0.39, 0.29) is 5.69 Å². The van der Waals surface area contributed by atoms with E-state index < -0.39 is 5.82 Å². The highest BCUT2D eigenvalue weighted by atomic mass is 19.1. The molecule has 136 valence electrons. The summed E-state index contributed by atoms with van der Waals surface area (Å²) < 4.78 is 14.5. The van der Waals surface area contributed by atoms with Gasteiger partial charge in [-0.25, -0.2) is 4.39 Å². The molecule has 3 rings (SSSR count). The molecule has 3 N–H and O–H groups in total. The third-order valence-corrected chi connectivity index (χ3v) is 4.43. The Balaban J connectivity index is 1.75. The summed E-state index contributed by atoms with van der Waals surface area (Å²) >= 11 is 0. The van der Waals surface area contributed by atoms with Gasteiger partial charge in [-0.05, 0) is 37.8 Å². The normalized spacial score (nSPS) is 15.2. The van der Waals surface area contributed by atoms with Gasteiger partial charge in [-0.1, -0.05) is 13.3 Å². The quantitative estimate of drug-likeness (QED) is 0.730. The first kappa shape index (κ1) is 18.0. The zero-order chi connectivity index (χ0) is 18.4. The molecule has 2 aromatic rings. The summed E-state index contributed by atoms with van der Waals surface area (Å²) in [5, 5.41) is 3.29. The van der Waals surface area contributed by atoms with E-state index in [2.05, 4.69) is 27.2 Å². The number of aryl methyl sites for hydroxylation is 1. The minimum atomic E-state index is -0.418. The lowest BCUT2D eigenvalue weighted by atomic mass is 9.93. The van der Waals surface area contributed by atoms with E-state index in [1.807, 2.05) is 6.07 Å². The number of halogens is 1. The van der Waals surface area contributed by atoms with Gasteiger partial charge in [-0.3, -0.25) is 15.0 Å². The second-order valence-corrected chi connectivity index (χ2v) is 6.46. The zero-order valence-electron chi connectivity index (χ0n) is 15.0. The predicted octanol–water partition coefficient (Wildman–Crippen LogP) is 4.23. The zero-order valence-corrected chi connectivity index (χ0v) is 15.0. The number of hydrogen-bond acceptors (Lipinski definition) is 5. The minimum Gasteiger partial charge on any atom is -0.404 e. The molecule has 0 radical (unpaired) electrons. The number of rotatable bonds is 7. The number of nitrogens with two attached hydrogens (primary N) is 1. The molecule has 2 aromatic heterocycles. The lowest BCUT2D eigenvalue weighted by Gasteiger charge is -2.27. The first-order chi connectivity index (χ1) is 12.7. The Hall–Kier alpha value is -2.76. The van der Waals surface area contributed by atoms with Crippen molar-refractivity contribution < 1.29 is 4.39 Å². The van der Waals surface area contributed by atoms with Crippen molar-refractivity contribution >= 4 is 23.2 Å². The lowest BCUT2D eigenvalue weighted by molar-refractivity contribution is 0.445. The number of allylic oxidation sites excluding steroid dienone is 1. The number of pyridine rings is 2. The molecular formula is C20H24FN5. The highest BCUT2D eigenvalue weighted by molar-refractivity contribution is 6.09. The predicted molar refractivity (Wildman–Crippen MR) is 104 cm³/mol. The molecule has 0 saturated heterocycles. The van der Waals surface area contributed by atoms with Gasteiger partial charge in [0.15, 0.2) is 5.82 Å². The summed E-state index contributed by atoms with van der Waals surface area (Å²) in [4.78, 5) is 12.9.